The predicted molar refractivity (Wildman–Crippen MR) is 146 cm³/mol. The molecule has 5 N–H and O–H groups in total. The Morgan fingerprint density at radius 3 is 1.97 bits per heavy atom. The molecule has 0 aliphatic rings. The quantitative estimate of drug-likeness (QED) is 0.0527. The highest BCUT2D eigenvalue weighted by Gasteiger charge is 2.18. The zero-order valence-corrected chi connectivity index (χ0v) is 21.7. The van der Waals surface area contributed by atoms with E-state index in [9.17, 15) is 19.0 Å². The molecular formula is C25H28N2O4S3. The zero-order valence-electron chi connectivity index (χ0n) is 19.3. The molecule has 1 amide bonds. The van der Waals surface area contributed by atoms with Crippen molar-refractivity contribution in [2.45, 2.75) is 41.9 Å². The molecule has 0 unspecified atom stereocenters. The molecule has 180 valence electrons. The van der Waals surface area contributed by atoms with Crippen LogP contribution in [-0.4, -0.2) is 33.2 Å². The van der Waals surface area contributed by atoms with E-state index in [0.29, 0.717) is 52.5 Å². The summed E-state index contributed by atoms with van der Waals surface area (Å²) < 4.78 is 22.9. The molecule has 6 nitrogen and oxygen atoms in total. The van der Waals surface area contributed by atoms with Crippen molar-refractivity contribution in [1.29, 1.82) is 0 Å². The van der Waals surface area contributed by atoms with Gasteiger partial charge in [-0.1, -0.05) is 38.6 Å². The van der Waals surface area contributed by atoms with Crippen molar-refractivity contribution in [3.8, 4) is 5.75 Å². The number of phenols is 1. The summed E-state index contributed by atoms with van der Waals surface area (Å²) in [5.41, 5.74) is 0.488. The first-order chi connectivity index (χ1) is 16.5. The van der Waals surface area contributed by atoms with Gasteiger partial charge in [0.05, 0.1) is 0 Å². The van der Waals surface area contributed by atoms with Crippen LogP contribution in [0.4, 0.5) is 0 Å². The number of amides is 1. The van der Waals surface area contributed by atoms with Crippen LogP contribution in [0.2, 0.25) is 0 Å². The Balaban J connectivity index is 0.00000158. The van der Waals surface area contributed by atoms with Crippen LogP contribution in [0, 0.1) is 0 Å². The lowest BCUT2D eigenvalue weighted by atomic mass is 9.94. The van der Waals surface area contributed by atoms with E-state index in [1.54, 1.807) is 19.1 Å². The van der Waals surface area contributed by atoms with Crippen molar-refractivity contribution in [2.24, 2.45) is 0 Å². The largest absolute Gasteiger partial charge is 0.507 e. The second-order valence-corrected chi connectivity index (χ2v) is 9.58. The molecule has 0 saturated carbocycles. The average Bonchev–Trinajstić information content (AvgIpc) is 2.86. The van der Waals surface area contributed by atoms with Gasteiger partial charge in [0.2, 0.25) is 5.91 Å². The van der Waals surface area contributed by atoms with Gasteiger partial charge in [0, 0.05) is 68.2 Å². The first-order valence-electron chi connectivity index (χ1n) is 10.9. The summed E-state index contributed by atoms with van der Waals surface area (Å²) in [5, 5.41) is 18.7. The maximum absolute atomic E-state index is 11.5. The van der Waals surface area contributed by atoms with Gasteiger partial charge in [-0.25, -0.2) is 0 Å². The van der Waals surface area contributed by atoms with Gasteiger partial charge in [-0.3, -0.25) is 9.52 Å². The highest BCUT2D eigenvalue weighted by molar-refractivity contribution is 7.97. The second-order valence-electron chi connectivity index (χ2n) is 7.41. The Morgan fingerprint density at radius 1 is 0.882 bits per heavy atom. The minimum atomic E-state index is -0.143. The molecule has 9 heteroatoms. The predicted octanol–water partition coefficient (Wildman–Crippen LogP) is 7.13. The van der Waals surface area contributed by atoms with Crippen LogP contribution in [0.15, 0.2) is 63.2 Å². The van der Waals surface area contributed by atoms with Crippen molar-refractivity contribution in [3.05, 3.63) is 48.6 Å². The molecule has 0 aromatic heterocycles. The summed E-state index contributed by atoms with van der Waals surface area (Å²) in [6.45, 7) is 10.5. The average molecular weight is 517 g/mol. The molecule has 0 bridgehead atoms. The van der Waals surface area contributed by atoms with Crippen molar-refractivity contribution in [3.63, 3.8) is 0 Å². The number of carbonyl (C=O) groups is 1. The van der Waals surface area contributed by atoms with Crippen molar-refractivity contribution in [2.75, 3.05) is 13.1 Å². The van der Waals surface area contributed by atoms with E-state index >= 15 is 0 Å². The molecule has 0 fully saturated rings. The monoisotopic (exact) mass is 516 g/mol. The number of nitrogens with one attached hydrogen (secondary N) is 2. The number of benzene rings is 4. The molecule has 0 spiro atoms. The summed E-state index contributed by atoms with van der Waals surface area (Å²) in [6.07, 6.45) is 0.748. The molecule has 0 radical (unpaired) electrons. The molecule has 0 aliphatic carbocycles. The van der Waals surface area contributed by atoms with Crippen LogP contribution in [0.1, 0.15) is 27.2 Å². The maximum atomic E-state index is 11.5. The van der Waals surface area contributed by atoms with Crippen LogP contribution in [0.3, 0.4) is 0 Å². The van der Waals surface area contributed by atoms with E-state index in [4.69, 9.17) is 0 Å². The lowest BCUT2D eigenvalue weighted by Crippen LogP contribution is -2.26. The van der Waals surface area contributed by atoms with Crippen LogP contribution >= 0.6 is 36.0 Å². The minimum absolute atomic E-state index is 0.143. The van der Waals surface area contributed by atoms with E-state index in [1.165, 1.54) is 11.9 Å². The van der Waals surface area contributed by atoms with Gasteiger partial charge < -0.3 is 19.5 Å². The van der Waals surface area contributed by atoms with E-state index < -0.39 is 0 Å². The standard InChI is InChI=1S/C23H22N2O4S3.C2H6/c1-12(2)23(27)24-8-3-9-25-30-18-10-17(26)13-4-5-15-19(31-28)11-20(32-29)16-7-6-14(18)21(13)22(15)16;1-2/h4-7,10-11,25-26,28-29H,1,3,8-9H2,2H3,(H,24,27);1-2H3. The Kier molecular flexibility index (Phi) is 9.35. The molecule has 4 rings (SSSR count). The van der Waals surface area contributed by atoms with Gasteiger partial charge in [-0.15, -0.1) is 0 Å². The third-order valence-corrected chi connectivity index (χ3v) is 7.25. The molecule has 0 atom stereocenters. The molecule has 4 aromatic rings. The fourth-order valence-corrected chi connectivity index (χ4v) is 5.56. The highest BCUT2D eigenvalue weighted by atomic mass is 32.2. The van der Waals surface area contributed by atoms with E-state index in [-0.39, 0.29) is 11.7 Å². The number of hydrogen-bond acceptors (Lipinski definition) is 8. The first kappa shape index (κ1) is 26.5. The lowest BCUT2D eigenvalue weighted by molar-refractivity contribution is -0.117. The normalized spacial score (nSPS) is 11.1. The Labute approximate surface area is 212 Å². The smallest absolute Gasteiger partial charge is 0.246 e. The summed E-state index contributed by atoms with van der Waals surface area (Å²) in [5.74, 6) is 0.0281. The van der Waals surface area contributed by atoms with Gasteiger partial charge in [0.25, 0.3) is 0 Å². The number of phenolic OH excluding ortho intramolecular Hbond substituents is 1. The number of carbonyl (C=O) groups excluding carboxylic acids is 1. The first-order valence-corrected chi connectivity index (χ1v) is 13.3. The van der Waals surface area contributed by atoms with E-state index in [2.05, 4.69) is 16.6 Å². The van der Waals surface area contributed by atoms with Gasteiger partial charge in [0.15, 0.2) is 0 Å². The number of hydrogen-bond donors (Lipinski definition) is 5. The third kappa shape index (κ3) is 5.25. The number of aromatic hydroxyl groups is 1. The summed E-state index contributed by atoms with van der Waals surface area (Å²) >= 11 is 2.71. The van der Waals surface area contributed by atoms with Crippen LogP contribution < -0.4 is 10.0 Å². The fraction of sp³-hybridized carbons (Fsp3) is 0.240. The summed E-state index contributed by atoms with van der Waals surface area (Å²) in [6, 6.07) is 11.2. The lowest BCUT2D eigenvalue weighted by Gasteiger charge is -2.17. The summed E-state index contributed by atoms with van der Waals surface area (Å²) in [4.78, 5) is 13.7. The second kappa shape index (κ2) is 12.0. The topological polar surface area (TPSA) is 102 Å². The van der Waals surface area contributed by atoms with E-state index in [0.717, 1.165) is 43.6 Å². The highest BCUT2D eigenvalue weighted by Crippen LogP contribution is 2.46. The molecule has 34 heavy (non-hydrogen) atoms. The van der Waals surface area contributed by atoms with Crippen molar-refractivity contribution in [1.82, 2.24) is 10.0 Å². The minimum Gasteiger partial charge on any atom is -0.507 e. The zero-order chi connectivity index (χ0) is 24.8. The fourth-order valence-electron chi connectivity index (χ4n) is 3.76. The number of rotatable bonds is 9. The molecule has 0 aliphatic heterocycles. The van der Waals surface area contributed by atoms with Gasteiger partial charge in [-0.05, 0) is 65.0 Å². The SMILES string of the molecule is C=C(C)C(=O)NCCCNSc1cc(O)c2ccc3c(SO)cc(SO)c4ccc1c2c34.CC. The molecule has 0 saturated heterocycles. The van der Waals surface area contributed by atoms with E-state index in [1.807, 2.05) is 38.1 Å². The Hall–Kier alpha value is -2.14. The van der Waals surface area contributed by atoms with Crippen LogP contribution in [-0.2, 0) is 4.79 Å². The van der Waals surface area contributed by atoms with Gasteiger partial charge >= 0.3 is 0 Å². The van der Waals surface area contributed by atoms with Crippen LogP contribution in [0.25, 0.3) is 32.3 Å². The van der Waals surface area contributed by atoms with Crippen LogP contribution in [0.5, 0.6) is 5.75 Å². The summed E-state index contributed by atoms with van der Waals surface area (Å²) in [7, 11) is 0. The Bertz CT molecular complexity index is 1300. The maximum Gasteiger partial charge on any atom is 0.246 e. The Morgan fingerprint density at radius 2 is 1.41 bits per heavy atom. The van der Waals surface area contributed by atoms with Gasteiger partial charge in [0.1, 0.15) is 5.75 Å². The molecule has 4 aromatic carbocycles. The molecular weight excluding hydrogens is 488 g/mol. The molecule has 0 heterocycles. The van der Waals surface area contributed by atoms with Crippen molar-refractivity contribution >= 4 is 74.3 Å². The van der Waals surface area contributed by atoms with Gasteiger partial charge in [-0.2, -0.15) is 0 Å². The third-order valence-electron chi connectivity index (χ3n) is 5.27. The van der Waals surface area contributed by atoms with Crippen molar-refractivity contribution < 1.29 is 19.0 Å².